The van der Waals surface area contributed by atoms with E-state index in [0.717, 1.165) is 5.69 Å². The number of hydrogen-bond acceptors (Lipinski definition) is 6. The van der Waals surface area contributed by atoms with Crippen LogP contribution < -0.4 is 10.2 Å². The van der Waals surface area contributed by atoms with Crippen molar-refractivity contribution in [3.05, 3.63) is 59.7 Å². The van der Waals surface area contributed by atoms with E-state index in [-0.39, 0.29) is 11.3 Å². The summed E-state index contributed by atoms with van der Waals surface area (Å²) >= 11 is 0. The Labute approximate surface area is 151 Å². The molecule has 0 aliphatic heterocycles. The summed E-state index contributed by atoms with van der Waals surface area (Å²) in [4.78, 5) is 37.7. The summed E-state index contributed by atoms with van der Waals surface area (Å²) in [6, 6.07) is 13.3. The van der Waals surface area contributed by atoms with E-state index in [1.807, 2.05) is 25.1 Å². The Bertz CT molecular complexity index is 817. The van der Waals surface area contributed by atoms with Gasteiger partial charge in [0, 0.05) is 19.8 Å². The number of esters is 2. The third-order valence-electron chi connectivity index (χ3n) is 3.54. The van der Waals surface area contributed by atoms with E-state index >= 15 is 0 Å². The minimum Gasteiger partial charge on any atom is -0.465 e. The van der Waals surface area contributed by atoms with Gasteiger partial charge < -0.3 is 19.7 Å². The van der Waals surface area contributed by atoms with E-state index in [2.05, 4.69) is 10.1 Å². The first-order valence-corrected chi connectivity index (χ1v) is 7.84. The lowest BCUT2D eigenvalue weighted by molar-refractivity contribution is -0.119. The molecule has 0 unspecified atom stereocenters. The molecule has 0 saturated heterocycles. The third-order valence-corrected chi connectivity index (χ3v) is 3.54. The van der Waals surface area contributed by atoms with Gasteiger partial charge in [-0.05, 0) is 30.3 Å². The van der Waals surface area contributed by atoms with E-state index in [1.54, 1.807) is 36.4 Å². The van der Waals surface area contributed by atoms with Crippen molar-refractivity contribution in [1.29, 1.82) is 0 Å². The maximum atomic E-state index is 12.1. The predicted octanol–water partition coefficient (Wildman–Crippen LogP) is 2.33. The van der Waals surface area contributed by atoms with Crippen LogP contribution in [0.3, 0.4) is 0 Å². The maximum absolute atomic E-state index is 12.1. The Balaban J connectivity index is 1.98. The SMILES string of the molecule is COC(=O)c1ccccc1NC(=O)COC(=O)c1cccc(N(C)C)c1. The molecule has 0 saturated carbocycles. The lowest BCUT2D eigenvalue weighted by Crippen LogP contribution is -2.22. The normalized spacial score (nSPS) is 9.96. The number of rotatable bonds is 6. The molecule has 0 radical (unpaired) electrons. The molecule has 2 aromatic carbocycles. The first kappa shape index (κ1) is 19.0. The van der Waals surface area contributed by atoms with Gasteiger partial charge in [0.05, 0.1) is 23.9 Å². The molecule has 0 spiro atoms. The fourth-order valence-corrected chi connectivity index (χ4v) is 2.19. The summed E-state index contributed by atoms with van der Waals surface area (Å²) in [6.45, 7) is -0.472. The van der Waals surface area contributed by atoms with Gasteiger partial charge in [-0.3, -0.25) is 4.79 Å². The van der Waals surface area contributed by atoms with Crippen LogP contribution in [0.5, 0.6) is 0 Å². The summed E-state index contributed by atoms with van der Waals surface area (Å²) in [5, 5.41) is 2.54. The molecule has 0 bridgehead atoms. The molecule has 2 rings (SSSR count). The third kappa shape index (κ3) is 4.83. The molecule has 7 nitrogen and oxygen atoms in total. The number of carbonyl (C=O) groups excluding carboxylic acids is 3. The Hall–Kier alpha value is -3.35. The lowest BCUT2D eigenvalue weighted by Gasteiger charge is -2.13. The second-order valence-corrected chi connectivity index (χ2v) is 5.61. The number of methoxy groups -OCH3 is 1. The number of nitrogens with zero attached hydrogens (tertiary/aromatic N) is 1. The molecule has 0 aromatic heterocycles. The van der Waals surface area contributed by atoms with Crippen molar-refractivity contribution in [2.45, 2.75) is 0 Å². The molecule has 26 heavy (non-hydrogen) atoms. The maximum Gasteiger partial charge on any atom is 0.339 e. The molecule has 1 amide bonds. The van der Waals surface area contributed by atoms with Crippen molar-refractivity contribution in [2.75, 3.05) is 38.0 Å². The number of para-hydroxylation sites is 1. The van der Waals surface area contributed by atoms with Gasteiger partial charge >= 0.3 is 11.9 Å². The van der Waals surface area contributed by atoms with E-state index in [0.29, 0.717) is 5.56 Å². The molecular formula is C19H20N2O5. The van der Waals surface area contributed by atoms with Crippen LogP contribution in [0.25, 0.3) is 0 Å². The van der Waals surface area contributed by atoms with Crippen LogP contribution in [0.2, 0.25) is 0 Å². The van der Waals surface area contributed by atoms with Crippen LogP contribution in [-0.2, 0) is 14.3 Å². The van der Waals surface area contributed by atoms with Gasteiger partial charge in [0.15, 0.2) is 6.61 Å². The first-order valence-electron chi connectivity index (χ1n) is 7.84. The zero-order valence-corrected chi connectivity index (χ0v) is 14.8. The van der Waals surface area contributed by atoms with Crippen molar-refractivity contribution in [2.24, 2.45) is 0 Å². The Morgan fingerprint density at radius 2 is 1.73 bits per heavy atom. The van der Waals surface area contributed by atoms with Crippen molar-refractivity contribution in [1.82, 2.24) is 0 Å². The van der Waals surface area contributed by atoms with E-state index < -0.39 is 24.5 Å². The topological polar surface area (TPSA) is 84.9 Å². The smallest absolute Gasteiger partial charge is 0.339 e. The molecule has 136 valence electrons. The van der Waals surface area contributed by atoms with Crippen LogP contribution in [0.15, 0.2) is 48.5 Å². The fourth-order valence-electron chi connectivity index (χ4n) is 2.19. The molecule has 0 fully saturated rings. The second-order valence-electron chi connectivity index (χ2n) is 5.61. The van der Waals surface area contributed by atoms with Gasteiger partial charge in [-0.15, -0.1) is 0 Å². The minimum atomic E-state index is -0.606. The minimum absolute atomic E-state index is 0.216. The standard InChI is InChI=1S/C19H20N2O5/c1-21(2)14-8-6-7-13(11-14)18(23)26-12-17(22)20-16-10-5-4-9-15(16)19(24)25-3/h4-11H,12H2,1-3H3,(H,20,22). The zero-order chi connectivity index (χ0) is 19.1. The summed E-state index contributed by atoms with van der Waals surface area (Å²) in [5.74, 6) is -1.73. The van der Waals surface area contributed by atoms with Crippen molar-refractivity contribution in [3.63, 3.8) is 0 Å². The number of hydrogen-bond donors (Lipinski definition) is 1. The van der Waals surface area contributed by atoms with Gasteiger partial charge in [0.25, 0.3) is 5.91 Å². The van der Waals surface area contributed by atoms with Crippen LogP contribution in [-0.4, -0.2) is 45.7 Å². The molecule has 1 N–H and O–H groups in total. The summed E-state index contributed by atoms with van der Waals surface area (Å²) in [5.41, 5.74) is 1.69. The average Bonchev–Trinajstić information content (AvgIpc) is 2.66. The number of carbonyl (C=O) groups is 3. The average molecular weight is 356 g/mol. The van der Waals surface area contributed by atoms with Crippen LogP contribution in [0, 0.1) is 0 Å². The lowest BCUT2D eigenvalue weighted by atomic mass is 10.2. The van der Waals surface area contributed by atoms with Gasteiger partial charge in [-0.1, -0.05) is 18.2 Å². The highest BCUT2D eigenvalue weighted by atomic mass is 16.5. The van der Waals surface area contributed by atoms with Crippen LogP contribution in [0.1, 0.15) is 20.7 Å². The molecule has 0 aliphatic carbocycles. The number of benzene rings is 2. The number of amides is 1. The Morgan fingerprint density at radius 1 is 1.00 bits per heavy atom. The van der Waals surface area contributed by atoms with E-state index in [9.17, 15) is 14.4 Å². The molecule has 0 aliphatic rings. The molecule has 0 heterocycles. The van der Waals surface area contributed by atoms with Crippen molar-refractivity contribution < 1.29 is 23.9 Å². The van der Waals surface area contributed by atoms with E-state index in [4.69, 9.17) is 4.74 Å². The molecule has 7 heteroatoms. The van der Waals surface area contributed by atoms with Gasteiger partial charge in [0.1, 0.15) is 0 Å². The van der Waals surface area contributed by atoms with Gasteiger partial charge in [0.2, 0.25) is 0 Å². The highest BCUT2D eigenvalue weighted by Gasteiger charge is 2.15. The summed E-state index contributed by atoms with van der Waals surface area (Å²) < 4.78 is 9.70. The molecule has 2 aromatic rings. The summed E-state index contributed by atoms with van der Waals surface area (Å²) in [7, 11) is 4.97. The second kappa shape index (κ2) is 8.66. The number of anilines is 2. The monoisotopic (exact) mass is 356 g/mol. The molecular weight excluding hydrogens is 336 g/mol. The number of nitrogens with one attached hydrogen (secondary N) is 1. The highest BCUT2D eigenvalue weighted by Crippen LogP contribution is 2.16. The van der Waals surface area contributed by atoms with Gasteiger partial charge in [-0.25, -0.2) is 9.59 Å². The quantitative estimate of drug-likeness (QED) is 0.800. The molecule has 0 atom stereocenters. The van der Waals surface area contributed by atoms with Crippen molar-refractivity contribution in [3.8, 4) is 0 Å². The highest BCUT2D eigenvalue weighted by molar-refractivity contribution is 6.02. The Kier molecular flexibility index (Phi) is 6.32. The van der Waals surface area contributed by atoms with E-state index in [1.165, 1.54) is 13.2 Å². The zero-order valence-electron chi connectivity index (χ0n) is 14.8. The van der Waals surface area contributed by atoms with Crippen molar-refractivity contribution >= 4 is 29.2 Å². The largest absolute Gasteiger partial charge is 0.465 e. The van der Waals surface area contributed by atoms with Crippen LogP contribution in [0.4, 0.5) is 11.4 Å². The number of ether oxygens (including phenoxy) is 2. The fraction of sp³-hybridized carbons (Fsp3) is 0.211. The van der Waals surface area contributed by atoms with Gasteiger partial charge in [-0.2, -0.15) is 0 Å². The summed E-state index contributed by atoms with van der Waals surface area (Å²) in [6.07, 6.45) is 0. The van der Waals surface area contributed by atoms with Crippen LogP contribution >= 0.6 is 0 Å². The predicted molar refractivity (Wildman–Crippen MR) is 97.5 cm³/mol. The first-order chi connectivity index (χ1) is 12.4. The Morgan fingerprint density at radius 3 is 2.42 bits per heavy atom.